The summed E-state index contributed by atoms with van der Waals surface area (Å²) in [6.45, 7) is 2.24. The summed E-state index contributed by atoms with van der Waals surface area (Å²) in [5.41, 5.74) is 4.23. The van der Waals surface area contributed by atoms with Crippen LogP contribution in [0.4, 0.5) is 0 Å². The SMILES string of the molecule is C/C([BH2-]c1n(C)cc[n+]1C)=C/c1ccccc1. The lowest BCUT2D eigenvalue weighted by molar-refractivity contribution is -0.652. The van der Waals surface area contributed by atoms with Crippen molar-refractivity contribution in [2.75, 3.05) is 0 Å². The number of nitrogens with zero attached hydrogens (tertiary/aromatic N) is 2. The molecule has 0 spiro atoms. The van der Waals surface area contributed by atoms with Crippen LogP contribution in [0, 0.1) is 0 Å². The van der Waals surface area contributed by atoms with Crippen LogP contribution in [-0.2, 0) is 14.1 Å². The zero-order valence-corrected chi connectivity index (χ0v) is 11.0. The van der Waals surface area contributed by atoms with Gasteiger partial charge in [-0.1, -0.05) is 43.3 Å². The highest BCUT2D eigenvalue weighted by Gasteiger charge is 2.04. The van der Waals surface area contributed by atoms with Crippen molar-refractivity contribution in [3.63, 3.8) is 0 Å². The van der Waals surface area contributed by atoms with Crippen molar-refractivity contribution in [3.05, 3.63) is 53.8 Å². The molecule has 17 heavy (non-hydrogen) atoms. The van der Waals surface area contributed by atoms with Crippen LogP contribution < -0.4 is 10.3 Å². The molecule has 2 nitrogen and oxygen atoms in total. The molecule has 0 saturated carbocycles. The summed E-state index contributed by atoms with van der Waals surface area (Å²) in [4.78, 5) is 0. The average Bonchev–Trinajstić information content (AvgIpc) is 2.62. The average molecular weight is 226 g/mol. The van der Waals surface area contributed by atoms with E-state index in [0.29, 0.717) is 0 Å². The molecule has 2 aromatic rings. The monoisotopic (exact) mass is 226 g/mol. The van der Waals surface area contributed by atoms with E-state index in [1.807, 2.05) is 0 Å². The van der Waals surface area contributed by atoms with Crippen molar-refractivity contribution in [2.45, 2.75) is 6.92 Å². The molecule has 0 aliphatic heterocycles. The summed E-state index contributed by atoms with van der Waals surface area (Å²) in [5, 5.41) is 0. The van der Waals surface area contributed by atoms with E-state index < -0.39 is 0 Å². The molecule has 88 valence electrons. The number of aryl methyl sites for hydroxylation is 2. The maximum Gasteiger partial charge on any atom is 0.126 e. The van der Waals surface area contributed by atoms with Crippen molar-refractivity contribution < 1.29 is 4.57 Å². The van der Waals surface area contributed by atoms with E-state index in [1.165, 1.54) is 16.8 Å². The molecule has 0 unspecified atom stereocenters. The number of hydrogen-bond donors (Lipinski definition) is 0. The standard InChI is InChI=1S/C14H19BN2/c1-12(11-13-7-5-4-6-8-13)15-14-16(2)9-10-17(14)3/h4-11H,15H2,1-3H3/b12-11-. The van der Waals surface area contributed by atoms with Gasteiger partial charge in [0.1, 0.15) is 19.7 Å². The third kappa shape index (κ3) is 2.87. The minimum Gasteiger partial charge on any atom is -0.274 e. The maximum atomic E-state index is 2.30. The van der Waals surface area contributed by atoms with Gasteiger partial charge in [-0.25, -0.2) is 5.47 Å². The lowest BCUT2D eigenvalue weighted by Gasteiger charge is -2.07. The van der Waals surface area contributed by atoms with E-state index in [9.17, 15) is 0 Å². The van der Waals surface area contributed by atoms with E-state index in [1.54, 1.807) is 0 Å². The molecule has 0 N–H and O–H groups in total. The fraction of sp³-hybridized carbons (Fsp3) is 0.214. The van der Waals surface area contributed by atoms with Gasteiger partial charge in [0.05, 0.1) is 19.8 Å². The maximum absolute atomic E-state index is 2.30. The second kappa shape index (κ2) is 5.04. The van der Waals surface area contributed by atoms with Crippen LogP contribution in [0.5, 0.6) is 0 Å². The number of imidazole rings is 1. The van der Waals surface area contributed by atoms with Crippen LogP contribution in [0.3, 0.4) is 0 Å². The Kier molecular flexibility index (Phi) is 3.47. The Morgan fingerprint density at radius 1 is 1.29 bits per heavy atom. The van der Waals surface area contributed by atoms with Gasteiger partial charge in [-0.2, -0.15) is 0 Å². The molecule has 1 aromatic carbocycles. The van der Waals surface area contributed by atoms with Crippen LogP contribution in [0.2, 0.25) is 0 Å². The Morgan fingerprint density at radius 3 is 2.59 bits per heavy atom. The smallest absolute Gasteiger partial charge is 0.126 e. The van der Waals surface area contributed by atoms with E-state index >= 15 is 0 Å². The number of allylic oxidation sites excluding steroid dienone is 1. The molecule has 0 aliphatic rings. The molecule has 1 aromatic heterocycles. The van der Waals surface area contributed by atoms with Gasteiger partial charge in [0.15, 0.2) is 0 Å². The first-order chi connectivity index (χ1) is 8.16. The predicted molar refractivity (Wildman–Crippen MR) is 74.9 cm³/mol. The Morgan fingerprint density at radius 2 is 2.00 bits per heavy atom. The van der Waals surface area contributed by atoms with Crippen LogP contribution in [0.25, 0.3) is 6.08 Å². The second-order valence-corrected chi connectivity index (χ2v) is 4.95. The first kappa shape index (κ1) is 11.7. The summed E-state index contributed by atoms with van der Waals surface area (Å²) >= 11 is 0. The van der Waals surface area contributed by atoms with E-state index in [2.05, 4.69) is 79.0 Å². The minimum absolute atomic E-state index is 0.225. The Balaban J connectivity index is 2.17. The van der Waals surface area contributed by atoms with E-state index in [0.717, 1.165) is 0 Å². The van der Waals surface area contributed by atoms with Crippen molar-refractivity contribution in [1.82, 2.24) is 4.57 Å². The van der Waals surface area contributed by atoms with Crippen LogP contribution in [0.15, 0.2) is 48.2 Å². The molecule has 0 fully saturated rings. The molecule has 0 amide bonds. The molecular weight excluding hydrogens is 207 g/mol. The molecule has 1 heterocycles. The van der Waals surface area contributed by atoms with Gasteiger partial charge in [-0.15, -0.1) is 0 Å². The molecule has 0 bridgehead atoms. The fourth-order valence-electron chi connectivity index (χ4n) is 2.32. The summed E-state index contributed by atoms with van der Waals surface area (Å²) in [5.74, 6) is 0. The molecule has 0 saturated heterocycles. The summed E-state index contributed by atoms with van der Waals surface area (Å²) in [6.07, 6.45) is 6.54. The third-order valence-corrected chi connectivity index (χ3v) is 3.41. The zero-order valence-electron chi connectivity index (χ0n) is 11.0. The second-order valence-electron chi connectivity index (χ2n) is 4.95. The summed E-state index contributed by atoms with van der Waals surface area (Å²) in [7, 11) is 4.01. The minimum atomic E-state index is -0.225. The van der Waals surface area contributed by atoms with Crippen molar-refractivity contribution >= 4 is 19.1 Å². The third-order valence-electron chi connectivity index (χ3n) is 3.41. The van der Waals surface area contributed by atoms with Crippen molar-refractivity contribution in [1.29, 1.82) is 0 Å². The van der Waals surface area contributed by atoms with Gasteiger partial charge in [0, 0.05) is 0 Å². The van der Waals surface area contributed by atoms with Gasteiger partial charge in [-0.3, -0.25) is 9.13 Å². The summed E-state index contributed by atoms with van der Waals surface area (Å²) < 4.78 is 4.45. The van der Waals surface area contributed by atoms with E-state index in [4.69, 9.17) is 0 Å². The fourth-order valence-corrected chi connectivity index (χ4v) is 2.32. The number of hydrogen-bond acceptors (Lipinski definition) is 0. The van der Waals surface area contributed by atoms with Crippen LogP contribution in [-0.4, -0.2) is 11.8 Å². The lowest BCUT2D eigenvalue weighted by atomic mass is 9.68. The first-order valence-corrected chi connectivity index (χ1v) is 6.18. The molecule has 0 radical (unpaired) electrons. The van der Waals surface area contributed by atoms with E-state index in [-0.39, 0.29) is 7.28 Å². The molecule has 3 heteroatoms. The normalized spacial score (nSPS) is 11.8. The summed E-state index contributed by atoms with van der Waals surface area (Å²) in [6, 6.07) is 10.5. The van der Waals surface area contributed by atoms with Gasteiger partial charge in [0.2, 0.25) is 0 Å². The molecule has 0 atom stereocenters. The van der Waals surface area contributed by atoms with Gasteiger partial charge in [0.25, 0.3) is 0 Å². The van der Waals surface area contributed by atoms with Gasteiger partial charge >= 0.3 is 0 Å². The lowest BCUT2D eigenvalue weighted by Crippen LogP contribution is -2.49. The van der Waals surface area contributed by atoms with Crippen molar-refractivity contribution in [3.8, 4) is 0 Å². The largest absolute Gasteiger partial charge is 0.274 e. The Bertz CT molecular complexity index is 507. The Labute approximate surface area is 103 Å². The Hall–Kier alpha value is -1.77. The molecule has 0 aliphatic carbocycles. The number of rotatable bonds is 3. The van der Waals surface area contributed by atoms with Crippen LogP contribution in [0.1, 0.15) is 12.5 Å². The highest BCUT2D eigenvalue weighted by molar-refractivity contribution is 6.59. The number of benzene rings is 1. The van der Waals surface area contributed by atoms with Crippen molar-refractivity contribution in [2.24, 2.45) is 14.1 Å². The first-order valence-electron chi connectivity index (χ1n) is 6.18. The van der Waals surface area contributed by atoms with Gasteiger partial charge in [-0.05, 0) is 5.56 Å². The molecular formula is C14H19BN2. The highest BCUT2D eigenvalue weighted by atomic mass is 15.1. The topological polar surface area (TPSA) is 8.81 Å². The van der Waals surface area contributed by atoms with Gasteiger partial charge < -0.3 is 0 Å². The molecule has 2 rings (SSSR count). The van der Waals surface area contributed by atoms with Crippen LogP contribution >= 0.6 is 0 Å². The zero-order chi connectivity index (χ0) is 12.3. The highest BCUT2D eigenvalue weighted by Crippen LogP contribution is 2.04. The quantitative estimate of drug-likeness (QED) is 0.538. The predicted octanol–water partition coefficient (Wildman–Crippen LogP) is 0.705. The number of aromatic nitrogens is 2.